The zero-order valence-corrected chi connectivity index (χ0v) is 19.1. The molecule has 168 valence electrons. The number of carbonyl (C=O) groups is 1. The maximum absolute atomic E-state index is 11.2. The average Bonchev–Trinajstić information content (AvgIpc) is 2.74. The monoisotopic (exact) mass is 446 g/mol. The quantitative estimate of drug-likeness (QED) is 0.554. The fraction of sp³-hybridized carbons (Fsp3) is 0.522. The van der Waals surface area contributed by atoms with Crippen LogP contribution in [0.2, 0.25) is 5.02 Å². The minimum atomic E-state index is -0.809. The Labute approximate surface area is 188 Å². The van der Waals surface area contributed by atoms with Gasteiger partial charge in [-0.25, -0.2) is 9.97 Å². The smallest absolute Gasteiger partial charge is 0.303 e. The first-order valence-electron chi connectivity index (χ1n) is 10.8. The van der Waals surface area contributed by atoms with Crippen molar-refractivity contribution < 1.29 is 14.6 Å². The van der Waals surface area contributed by atoms with Crippen LogP contribution in [0, 0.1) is 5.92 Å². The summed E-state index contributed by atoms with van der Waals surface area (Å²) in [6.07, 6.45) is 5.13. The number of benzene rings is 1. The molecule has 1 aromatic heterocycles. The predicted octanol–water partition coefficient (Wildman–Crippen LogP) is 5.09. The molecule has 0 spiro atoms. The van der Waals surface area contributed by atoms with Gasteiger partial charge in [0.25, 0.3) is 0 Å². The molecule has 8 heteroatoms. The Morgan fingerprint density at radius 1 is 1.26 bits per heavy atom. The first-order valence-corrected chi connectivity index (χ1v) is 11.2. The molecule has 2 N–H and O–H groups in total. The number of carboxylic acids is 1. The summed E-state index contributed by atoms with van der Waals surface area (Å²) in [5.41, 5.74) is 2.88. The number of aliphatic carboxylic acids is 1. The molecule has 0 aliphatic carbocycles. The van der Waals surface area contributed by atoms with Gasteiger partial charge in [-0.2, -0.15) is 0 Å². The van der Waals surface area contributed by atoms with Gasteiger partial charge in [-0.05, 0) is 42.4 Å². The molecular formula is C23H31ClN4O3. The summed E-state index contributed by atoms with van der Waals surface area (Å²) < 4.78 is 5.58. The number of nitrogens with one attached hydrogen (secondary N) is 1. The van der Waals surface area contributed by atoms with Gasteiger partial charge in [-0.15, -0.1) is 0 Å². The van der Waals surface area contributed by atoms with Crippen molar-refractivity contribution in [2.75, 3.05) is 30.0 Å². The minimum absolute atomic E-state index is 0.0753. The van der Waals surface area contributed by atoms with E-state index in [1.165, 1.54) is 0 Å². The molecule has 1 atom stereocenters. The highest BCUT2D eigenvalue weighted by Gasteiger charge is 2.25. The summed E-state index contributed by atoms with van der Waals surface area (Å²) in [5, 5.41) is 13.0. The topological polar surface area (TPSA) is 87.6 Å². The van der Waals surface area contributed by atoms with Crippen molar-refractivity contribution in [3.63, 3.8) is 0 Å². The Bertz CT molecular complexity index is 870. The lowest BCUT2D eigenvalue weighted by atomic mass is 9.95. The van der Waals surface area contributed by atoms with Crippen LogP contribution in [0.15, 0.2) is 30.6 Å². The Morgan fingerprint density at radius 2 is 1.94 bits per heavy atom. The Morgan fingerprint density at radius 3 is 2.55 bits per heavy atom. The molecule has 1 aliphatic rings. The number of nitrogens with zero attached hydrogens (tertiary/aromatic N) is 3. The van der Waals surface area contributed by atoms with Crippen LogP contribution in [-0.2, 0) is 9.53 Å². The lowest BCUT2D eigenvalue weighted by Gasteiger charge is -2.38. The third kappa shape index (κ3) is 6.55. The molecule has 31 heavy (non-hydrogen) atoms. The fourth-order valence-electron chi connectivity index (χ4n) is 3.92. The van der Waals surface area contributed by atoms with Crippen molar-refractivity contribution in [2.24, 2.45) is 5.92 Å². The summed E-state index contributed by atoms with van der Waals surface area (Å²) >= 11 is 5.94. The van der Waals surface area contributed by atoms with Gasteiger partial charge >= 0.3 is 5.97 Å². The van der Waals surface area contributed by atoms with E-state index in [1.54, 1.807) is 12.4 Å². The van der Waals surface area contributed by atoms with Crippen molar-refractivity contribution in [2.45, 2.75) is 52.0 Å². The van der Waals surface area contributed by atoms with Crippen LogP contribution in [-0.4, -0.2) is 46.8 Å². The van der Waals surface area contributed by atoms with E-state index in [9.17, 15) is 9.90 Å². The van der Waals surface area contributed by atoms with Gasteiger partial charge in [0.1, 0.15) is 0 Å². The molecule has 2 aromatic rings. The van der Waals surface area contributed by atoms with Crippen LogP contribution in [0.4, 0.5) is 17.3 Å². The third-order valence-electron chi connectivity index (χ3n) is 5.44. The lowest BCUT2D eigenvalue weighted by Crippen LogP contribution is -2.42. The largest absolute Gasteiger partial charge is 0.481 e. The second-order valence-electron chi connectivity index (χ2n) is 8.52. The highest BCUT2D eigenvalue weighted by molar-refractivity contribution is 6.30. The highest BCUT2D eigenvalue weighted by Crippen LogP contribution is 2.35. The molecule has 0 amide bonds. The van der Waals surface area contributed by atoms with Crippen molar-refractivity contribution in [3.8, 4) is 0 Å². The fourth-order valence-corrected chi connectivity index (χ4v) is 4.02. The molecule has 1 fully saturated rings. The van der Waals surface area contributed by atoms with Gasteiger partial charge in [0.2, 0.25) is 5.95 Å². The van der Waals surface area contributed by atoms with Crippen LogP contribution >= 0.6 is 11.6 Å². The van der Waals surface area contributed by atoms with Crippen molar-refractivity contribution >= 4 is 34.9 Å². The zero-order chi connectivity index (χ0) is 22.4. The van der Waals surface area contributed by atoms with Crippen LogP contribution in [0.1, 0.15) is 51.5 Å². The van der Waals surface area contributed by atoms with Gasteiger partial charge in [0.15, 0.2) is 0 Å². The predicted molar refractivity (Wildman–Crippen MR) is 123 cm³/mol. The first-order chi connectivity index (χ1) is 14.8. The van der Waals surface area contributed by atoms with Crippen molar-refractivity contribution in [1.82, 2.24) is 9.97 Å². The third-order valence-corrected chi connectivity index (χ3v) is 5.64. The van der Waals surface area contributed by atoms with E-state index in [4.69, 9.17) is 16.3 Å². The molecule has 2 heterocycles. The van der Waals surface area contributed by atoms with E-state index >= 15 is 0 Å². The number of rotatable bonds is 9. The Balaban J connectivity index is 2.00. The molecule has 0 saturated carbocycles. The van der Waals surface area contributed by atoms with E-state index in [0.29, 0.717) is 22.9 Å². The van der Waals surface area contributed by atoms with E-state index in [1.807, 2.05) is 19.1 Å². The maximum atomic E-state index is 11.2. The molecule has 3 rings (SSSR count). The first kappa shape index (κ1) is 23.3. The van der Waals surface area contributed by atoms with Gasteiger partial charge < -0.3 is 20.1 Å². The number of aromatic nitrogens is 2. The number of carboxylic acid groups (broad SMARTS) is 1. The van der Waals surface area contributed by atoms with Gasteiger partial charge in [-0.3, -0.25) is 4.79 Å². The second-order valence-corrected chi connectivity index (χ2v) is 8.95. The molecular weight excluding hydrogens is 416 g/mol. The number of anilines is 3. The van der Waals surface area contributed by atoms with Gasteiger partial charge in [0, 0.05) is 25.8 Å². The number of hydrogen-bond donors (Lipinski definition) is 2. The summed E-state index contributed by atoms with van der Waals surface area (Å²) in [4.78, 5) is 22.2. The van der Waals surface area contributed by atoms with E-state index in [2.05, 4.69) is 40.1 Å². The van der Waals surface area contributed by atoms with Crippen LogP contribution in [0.25, 0.3) is 0 Å². The standard InChI is InChI=1S/C23H31ClN4O3/c1-15(2)14-28(19-6-8-31-9-7-19)21-5-4-17(16(3)10-22(29)30)11-20(21)27-23-25-12-18(24)13-26-23/h4-5,11-13,15-16,19H,6-10,14H2,1-3H3,(H,29,30)(H,25,26,27)/t16-/m1/s1. The number of halogens is 1. The molecule has 1 saturated heterocycles. The van der Waals surface area contributed by atoms with Crippen molar-refractivity contribution in [1.29, 1.82) is 0 Å². The molecule has 1 aromatic carbocycles. The van der Waals surface area contributed by atoms with Gasteiger partial charge in [0.05, 0.1) is 35.2 Å². The van der Waals surface area contributed by atoms with Gasteiger partial charge in [-0.1, -0.05) is 38.4 Å². The van der Waals surface area contributed by atoms with Crippen molar-refractivity contribution in [3.05, 3.63) is 41.2 Å². The van der Waals surface area contributed by atoms with Crippen LogP contribution < -0.4 is 10.2 Å². The zero-order valence-electron chi connectivity index (χ0n) is 18.3. The summed E-state index contributed by atoms with van der Waals surface area (Å²) in [7, 11) is 0. The highest BCUT2D eigenvalue weighted by atomic mass is 35.5. The Hall–Kier alpha value is -2.38. The molecule has 0 unspecified atom stereocenters. The summed E-state index contributed by atoms with van der Waals surface area (Å²) in [5.74, 6) is 0.00822. The van der Waals surface area contributed by atoms with Crippen LogP contribution in [0.5, 0.6) is 0 Å². The van der Waals surface area contributed by atoms with E-state index < -0.39 is 5.97 Å². The minimum Gasteiger partial charge on any atom is -0.481 e. The Kier molecular flexibility index (Phi) is 8.09. The lowest BCUT2D eigenvalue weighted by molar-refractivity contribution is -0.137. The summed E-state index contributed by atoms with van der Waals surface area (Å²) in [6, 6.07) is 6.52. The summed E-state index contributed by atoms with van der Waals surface area (Å²) in [6.45, 7) is 8.78. The average molecular weight is 447 g/mol. The number of hydrogen-bond acceptors (Lipinski definition) is 6. The molecule has 0 radical (unpaired) electrons. The molecule has 7 nitrogen and oxygen atoms in total. The van der Waals surface area contributed by atoms with Crippen LogP contribution in [0.3, 0.4) is 0 Å². The normalized spacial score (nSPS) is 15.6. The van der Waals surface area contributed by atoms with E-state index in [-0.39, 0.29) is 12.3 Å². The molecule has 0 bridgehead atoms. The van der Waals surface area contributed by atoms with E-state index in [0.717, 1.165) is 49.5 Å². The number of ether oxygens (including phenoxy) is 1. The molecule has 1 aliphatic heterocycles. The SMILES string of the molecule is CC(C)CN(c1ccc([C@H](C)CC(=O)O)cc1Nc1ncc(Cl)cn1)C1CCOCC1. The maximum Gasteiger partial charge on any atom is 0.303 e. The second kappa shape index (κ2) is 10.8.